The molecule has 5 heteroatoms. The van der Waals surface area contributed by atoms with Crippen LogP contribution in [-0.2, 0) is 0 Å². The number of carboxylic acids is 2. The van der Waals surface area contributed by atoms with E-state index < -0.39 is 11.9 Å². The van der Waals surface area contributed by atoms with Gasteiger partial charge in [0.05, 0.1) is 11.1 Å². The Bertz CT molecular complexity index is 647. The molecule has 0 spiro atoms. The molecule has 0 aromatic heterocycles. The van der Waals surface area contributed by atoms with Gasteiger partial charge >= 0.3 is 11.9 Å². The molecule has 0 amide bonds. The first-order valence-electron chi connectivity index (χ1n) is 5.35. The van der Waals surface area contributed by atoms with Crippen molar-refractivity contribution >= 4 is 34.5 Å². The van der Waals surface area contributed by atoms with Gasteiger partial charge in [-0.15, -0.1) is 0 Å². The van der Waals surface area contributed by atoms with Crippen molar-refractivity contribution in [2.45, 2.75) is 0 Å². The number of rotatable bonds is 3. The number of halogens is 1. The Morgan fingerprint density at radius 3 is 1.84 bits per heavy atom. The molecule has 0 aliphatic rings. The number of hydrogen-bond acceptors (Lipinski definition) is 2. The highest BCUT2D eigenvalue weighted by Gasteiger charge is 2.16. The van der Waals surface area contributed by atoms with E-state index in [0.717, 1.165) is 9.13 Å². The minimum absolute atomic E-state index is 0.205. The number of hydrogen-bond donors (Lipinski definition) is 2. The predicted octanol–water partition coefficient (Wildman–Crippen LogP) is 3.35. The first kappa shape index (κ1) is 13.5. The zero-order valence-corrected chi connectivity index (χ0v) is 11.8. The zero-order valence-electron chi connectivity index (χ0n) is 9.63. The maximum Gasteiger partial charge on any atom is 0.336 e. The Hall–Kier alpha value is -1.89. The second kappa shape index (κ2) is 5.40. The maximum absolute atomic E-state index is 11.1. The summed E-state index contributed by atoms with van der Waals surface area (Å²) in [5, 5.41) is 18.0. The average molecular weight is 368 g/mol. The van der Waals surface area contributed by atoms with Gasteiger partial charge in [0.2, 0.25) is 0 Å². The quantitative estimate of drug-likeness (QED) is 0.815. The molecule has 0 saturated heterocycles. The van der Waals surface area contributed by atoms with Crippen LogP contribution in [-0.4, -0.2) is 22.2 Å². The third-order valence-electron chi connectivity index (χ3n) is 2.66. The molecule has 0 unspecified atom stereocenters. The molecule has 4 nitrogen and oxygen atoms in total. The molecule has 2 aromatic rings. The summed E-state index contributed by atoms with van der Waals surface area (Å²) >= 11 is 2.18. The van der Waals surface area contributed by atoms with E-state index in [1.54, 1.807) is 6.07 Å². The van der Waals surface area contributed by atoms with Crippen molar-refractivity contribution in [1.29, 1.82) is 0 Å². The largest absolute Gasteiger partial charge is 0.478 e. The van der Waals surface area contributed by atoms with Crippen LogP contribution in [0.2, 0.25) is 0 Å². The molecule has 0 heterocycles. The Labute approximate surface area is 122 Å². The van der Waals surface area contributed by atoms with Crippen LogP contribution in [0.15, 0.2) is 42.5 Å². The molecule has 0 fully saturated rings. The Kier molecular flexibility index (Phi) is 3.84. The lowest BCUT2D eigenvalue weighted by Gasteiger charge is -2.06. The molecular formula is C14H9IO4. The molecule has 96 valence electrons. The first-order valence-corrected chi connectivity index (χ1v) is 6.43. The standard InChI is InChI=1S/C14H9IO4/c15-10-4-1-8(2-5-10)9-3-6-11(13(16)17)12(7-9)14(18)19/h1-7H,(H,16,17)(H,18,19). The Morgan fingerprint density at radius 1 is 0.789 bits per heavy atom. The van der Waals surface area contributed by atoms with E-state index in [9.17, 15) is 9.59 Å². The van der Waals surface area contributed by atoms with Crippen LogP contribution in [0.5, 0.6) is 0 Å². The highest BCUT2D eigenvalue weighted by Crippen LogP contribution is 2.23. The molecule has 19 heavy (non-hydrogen) atoms. The normalized spacial score (nSPS) is 10.2. The van der Waals surface area contributed by atoms with Gasteiger partial charge in [-0.25, -0.2) is 9.59 Å². The van der Waals surface area contributed by atoms with Crippen molar-refractivity contribution < 1.29 is 19.8 Å². The number of carboxylic acid groups (broad SMARTS) is 2. The Balaban J connectivity index is 2.55. The number of benzene rings is 2. The van der Waals surface area contributed by atoms with Gasteiger partial charge in [-0.1, -0.05) is 18.2 Å². The highest BCUT2D eigenvalue weighted by molar-refractivity contribution is 14.1. The van der Waals surface area contributed by atoms with Crippen molar-refractivity contribution in [2.75, 3.05) is 0 Å². The van der Waals surface area contributed by atoms with Crippen LogP contribution < -0.4 is 0 Å². The van der Waals surface area contributed by atoms with Crippen molar-refractivity contribution in [1.82, 2.24) is 0 Å². The van der Waals surface area contributed by atoms with Crippen LogP contribution in [0.25, 0.3) is 11.1 Å². The van der Waals surface area contributed by atoms with E-state index in [0.29, 0.717) is 5.56 Å². The molecule has 0 aliphatic carbocycles. The van der Waals surface area contributed by atoms with Gasteiger partial charge in [0.25, 0.3) is 0 Å². The topological polar surface area (TPSA) is 74.6 Å². The van der Waals surface area contributed by atoms with Gasteiger partial charge in [-0.2, -0.15) is 0 Å². The molecule has 2 aromatic carbocycles. The summed E-state index contributed by atoms with van der Waals surface area (Å²) in [6, 6.07) is 11.8. The molecule has 2 rings (SSSR count). The SMILES string of the molecule is O=C(O)c1ccc(-c2ccc(I)cc2)cc1C(=O)O. The minimum Gasteiger partial charge on any atom is -0.478 e. The van der Waals surface area contributed by atoms with Crippen LogP contribution >= 0.6 is 22.6 Å². The first-order chi connectivity index (χ1) is 8.99. The minimum atomic E-state index is -1.25. The highest BCUT2D eigenvalue weighted by atomic mass is 127. The third-order valence-corrected chi connectivity index (χ3v) is 3.38. The van der Waals surface area contributed by atoms with Gasteiger partial charge in [0.15, 0.2) is 0 Å². The molecule has 0 bridgehead atoms. The van der Waals surface area contributed by atoms with Crippen molar-refractivity contribution in [3.8, 4) is 11.1 Å². The smallest absolute Gasteiger partial charge is 0.336 e. The monoisotopic (exact) mass is 368 g/mol. The number of carbonyl (C=O) groups is 2. The zero-order chi connectivity index (χ0) is 14.0. The molecule has 0 aliphatic heterocycles. The lowest BCUT2D eigenvalue weighted by atomic mass is 9.99. The van der Waals surface area contributed by atoms with E-state index in [1.807, 2.05) is 24.3 Å². The van der Waals surface area contributed by atoms with E-state index in [1.165, 1.54) is 12.1 Å². The van der Waals surface area contributed by atoms with Gasteiger partial charge in [-0.05, 0) is 58.0 Å². The fourth-order valence-electron chi connectivity index (χ4n) is 1.73. The predicted molar refractivity (Wildman–Crippen MR) is 78.5 cm³/mol. The molecule has 2 N–H and O–H groups in total. The Morgan fingerprint density at radius 2 is 1.32 bits per heavy atom. The summed E-state index contributed by atoms with van der Waals surface area (Å²) in [4.78, 5) is 22.1. The maximum atomic E-state index is 11.1. The second-order valence-electron chi connectivity index (χ2n) is 3.88. The van der Waals surface area contributed by atoms with Crippen LogP contribution in [0.3, 0.4) is 0 Å². The molecule has 0 atom stereocenters. The lowest BCUT2D eigenvalue weighted by molar-refractivity contribution is 0.0651. The van der Waals surface area contributed by atoms with Gasteiger partial charge in [0.1, 0.15) is 0 Å². The summed E-state index contributed by atoms with van der Waals surface area (Å²) < 4.78 is 1.07. The van der Waals surface area contributed by atoms with E-state index >= 15 is 0 Å². The summed E-state index contributed by atoms with van der Waals surface area (Å²) in [7, 11) is 0. The molecular weight excluding hydrogens is 359 g/mol. The average Bonchev–Trinajstić information content (AvgIpc) is 2.38. The van der Waals surface area contributed by atoms with Crippen molar-refractivity contribution in [3.05, 3.63) is 57.2 Å². The lowest BCUT2D eigenvalue weighted by Crippen LogP contribution is -2.07. The fourth-order valence-corrected chi connectivity index (χ4v) is 2.09. The second-order valence-corrected chi connectivity index (χ2v) is 5.12. The summed E-state index contributed by atoms with van der Waals surface area (Å²) in [5.74, 6) is -2.49. The van der Waals surface area contributed by atoms with Crippen molar-refractivity contribution in [2.24, 2.45) is 0 Å². The van der Waals surface area contributed by atoms with E-state index in [2.05, 4.69) is 22.6 Å². The third kappa shape index (κ3) is 2.93. The molecule has 0 radical (unpaired) electrons. The summed E-state index contributed by atoms with van der Waals surface area (Å²) in [6.45, 7) is 0. The van der Waals surface area contributed by atoms with Crippen LogP contribution in [0.4, 0.5) is 0 Å². The van der Waals surface area contributed by atoms with E-state index in [-0.39, 0.29) is 11.1 Å². The van der Waals surface area contributed by atoms with Gasteiger partial charge in [0, 0.05) is 3.57 Å². The van der Waals surface area contributed by atoms with Gasteiger partial charge < -0.3 is 10.2 Å². The fraction of sp³-hybridized carbons (Fsp3) is 0. The number of aromatic carboxylic acids is 2. The van der Waals surface area contributed by atoms with E-state index in [4.69, 9.17) is 10.2 Å². The van der Waals surface area contributed by atoms with Crippen molar-refractivity contribution in [3.63, 3.8) is 0 Å². The summed E-state index contributed by atoms with van der Waals surface area (Å²) in [5.41, 5.74) is 1.11. The molecule has 0 saturated carbocycles. The summed E-state index contributed by atoms with van der Waals surface area (Å²) in [6.07, 6.45) is 0. The van der Waals surface area contributed by atoms with Gasteiger partial charge in [-0.3, -0.25) is 0 Å². The van der Waals surface area contributed by atoms with Crippen LogP contribution in [0.1, 0.15) is 20.7 Å². The van der Waals surface area contributed by atoms with Crippen LogP contribution in [0, 0.1) is 3.57 Å².